The Hall–Kier alpha value is -2.08. The van der Waals surface area contributed by atoms with E-state index in [1.165, 1.54) is 0 Å². The maximum atomic E-state index is 5.20. The molecule has 1 aliphatic rings. The highest BCUT2D eigenvalue weighted by Crippen LogP contribution is 2.29. The first-order valence-electron chi connectivity index (χ1n) is 7.02. The first kappa shape index (κ1) is 13.9. The van der Waals surface area contributed by atoms with Crippen LogP contribution in [-0.4, -0.2) is 27.1 Å². The van der Waals surface area contributed by atoms with E-state index >= 15 is 0 Å². The highest BCUT2D eigenvalue weighted by Gasteiger charge is 2.22. The van der Waals surface area contributed by atoms with Crippen LogP contribution >= 0.6 is 12.2 Å². The molecule has 1 unspecified atom stereocenters. The van der Waals surface area contributed by atoms with E-state index in [-0.39, 0.29) is 6.04 Å². The van der Waals surface area contributed by atoms with Crippen LogP contribution in [0, 0.1) is 0 Å². The normalized spacial score (nSPS) is 16.9. The zero-order valence-corrected chi connectivity index (χ0v) is 12.7. The van der Waals surface area contributed by atoms with Crippen molar-refractivity contribution in [2.24, 2.45) is 0 Å². The highest BCUT2D eigenvalue weighted by molar-refractivity contribution is 7.80. The number of aromatic nitrogens is 3. The minimum absolute atomic E-state index is 0.191. The largest absolute Gasteiger partial charge is 0.366 e. The van der Waals surface area contributed by atoms with Gasteiger partial charge in [-0.05, 0) is 43.6 Å². The van der Waals surface area contributed by atoms with Gasteiger partial charge in [0.2, 0.25) is 0 Å². The van der Waals surface area contributed by atoms with Gasteiger partial charge >= 0.3 is 0 Å². The van der Waals surface area contributed by atoms with Crippen LogP contribution in [0.15, 0.2) is 30.7 Å². The lowest BCUT2D eigenvalue weighted by molar-refractivity contribution is 0.515. The van der Waals surface area contributed by atoms with Crippen molar-refractivity contribution < 1.29 is 0 Å². The monoisotopic (exact) mass is 299 g/mol. The van der Waals surface area contributed by atoms with Gasteiger partial charge in [0.15, 0.2) is 10.9 Å². The molecule has 6 heteroatoms. The first-order chi connectivity index (χ1) is 10.3. The van der Waals surface area contributed by atoms with Crippen LogP contribution in [0.25, 0.3) is 11.4 Å². The molecule has 1 aliphatic carbocycles. The van der Waals surface area contributed by atoms with E-state index in [4.69, 9.17) is 17.2 Å². The zero-order chi connectivity index (χ0) is 14.7. The van der Waals surface area contributed by atoms with Gasteiger partial charge in [-0.25, -0.2) is 9.97 Å². The Morgan fingerprint density at radius 1 is 1.38 bits per heavy atom. The SMILES string of the molecule is CNC(=S)NC1CCCc2nc(-c3cccnc3)ncc21. The molecule has 0 saturated carbocycles. The van der Waals surface area contributed by atoms with Crippen LogP contribution < -0.4 is 10.6 Å². The molecule has 0 bridgehead atoms. The third-order valence-electron chi connectivity index (χ3n) is 3.63. The lowest BCUT2D eigenvalue weighted by atomic mass is 9.92. The molecule has 0 radical (unpaired) electrons. The molecular weight excluding hydrogens is 282 g/mol. The molecule has 0 saturated heterocycles. The molecule has 108 valence electrons. The molecule has 0 aromatic carbocycles. The summed E-state index contributed by atoms with van der Waals surface area (Å²) < 4.78 is 0. The average molecular weight is 299 g/mol. The summed E-state index contributed by atoms with van der Waals surface area (Å²) in [6, 6.07) is 4.06. The molecule has 2 aromatic heterocycles. The number of fused-ring (bicyclic) bond motifs is 1. The lowest BCUT2D eigenvalue weighted by Gasteiger charge is -2.26. The number of nitrogens with zero attached hydrogens (tertiary/aromatic N) is 3. The van der Waals surface area contributed by atoms with Crippen LogP contribution in [0.4, 0.5) is 0 Å². The summed E-state index contributed by atoms with van der Waals surface area (Å²) in [7, 11) is 1.82. The van der Waals surface area contributed by atoms with Crippen molar-refractivity contribution in [2.45, 2.75) is 25.3 Å². The molecule has 2 N–H and O–H groups in total. The van der Waals surface area contributed by atoms with Crippen LogP contribution in [0.3, 0.4) is 0 Å². The van der Waals surface area contributed by atoms with Gasteiger partial charge in [0.25, 0.3) is 0 Å². The molecule has 2 aromatic rings. The summed E-state index contributed by atoms with van der Waals surface area (Å²) in [4.78, 5) is 13.3. The topological polar surface area (TPSA) is 62.7 Å². The van der Waals surface area contributed by atoms with E-state index in [0.717, 1.165) is 41.9 Å². The fourth-order valence-electron chi connectivity index (χ4n) is 2.56. The molecule has 0 fully saturated rings. The summed E-state index contributed by atoms with van der Waals surface area (Å²) in [6.07, 6.45) is 8.58. The van der Waals surface area contributed by atoms with E-state index in [9.17, 15) is 0 Å². The molecule has 21 heavy (non-hydrogen) atoms. The molecule has 2 heterocycles. The van der Waals surface area contributed by atoms with E-state index in [2.05, 4.69) is 20.6 Å². The Balaban J connectivity index is 1.90. The Bertz CT molecular complexity index is 644. The molecule has 3 rings (SSSR count). The average Bonchev–Trinajstić information content (AvgIpc) is 2.55. The second-order valence-corrected chi connectivity index (χ2v) is 5.41. The molecule has 1 atom stereocenters. The maximum absolute atomic E-state index is 5.20. The second kappa shape index (κ2) is 6.13. The minimum Gasteiger partial charge on any atom is -0.366 e. The molecule has 5 nitrogen and oxygen atoms in total. The summed E-state index contributed by atoms with van der Waals surface area (Å²) in [5, 5.41) is 6.92. The van der Waals surface area contributed by atoms with Crippen molar-refractivity contribution in [1.82, 2.24) is 25.6 Å². The highest BCUT2D eigenvalue weighted by atomic mass is 32.1. The number of nitrogens with one attached hydrogen (secondary N) is 2. The Labute approximate surface area is 129 Å². The first-order valence-corrected chi connectivity index (χ1v) is 7.43. The second-order valence-electron chi connectivity index (χ2n) is 5.01. The summed E-state index contributed by atoms with van der Waals surface area (Å²) >= 11 is 5.20. The van der Waals surface area contributed by atoms with Gasteiger partial charge in [-0.2, -0.15) is 0 Å². The van der Waals surface area contributed by atoms with Gasteiger partial charge in [-0.3, -0.25) is 4.98 Å². The van der Waals surface area contributed by atoms with Gasteiger partial charge < -0.3 is 10.6 Å². The Morgan fingerprint density at radius 2 is 2.29 bits per heavy atom. The molecule has 0 aliphatic heterocycles. The van der Waals surface area contributed by atoms with Crippen molar-refractivity contribution in [1.29, 1.82) is 0 Å². The van der Waals surface area contributed by atoms with Crippen LogP contribution in [0.2, 0.25) is 0 Å². The van der Waals surface area contributed by atoms with Crippen molar-refractivity contribution in [3.8, 4) is 11.4 Å². The Kier molecular flexibility index (Phi) is 4.06. The fourth-order valence-corrected chi connectivity index (χ4v) is 2.70. The number of aryl methyl sites for hydroxylation is 1. The van der Waals surface area contributed by atoms with Crippen molar-refractivity contribution in [2.75, 3.05) is 7.05 Å². The predicted octanol–water partition coefficient (Wildman–Crippen LogP) is 2.01. The number of thiocarbonyl (C=S) groups is 1. The van der Waals surface area contributed by atoms with Crippen molar-refractivity contribution in [3.63, 3.8) is 0 Å². The van der Waals surface area contributed by atoms with E-state index in [0.29, 0.717) is 5.11 Å². The van der Waals surface area contributed by atoms with Gasteiger partial charge in [0, 0.05) is 42.5 Å². The number of rotatable bonds is 2. The summed E-state index contributed by atoms with van der Waals surface area (Å²) in [5.41, 5.74) is 3.19. The smallest absolute Gasteiger partial charge is 0.166 e. The van der Waals surface area contributed by atoms with E-state index in [1.807, 2.05) is 25.4 Å². The number of pyridine rings is 1. The third kappa shape index (κ3) is 3.00. The standard InChI is InChI=1S/C15H17N5S/c1-16-15(21)20-13-6-2-5-12-11(13)9-18-14(19-12)10-4-3-7-17-8-10/h3-4,7-9,13H,2,5-6H2,1H3,(H2,16,20,21). The van der Waals surface area contributed by atoms with Crippen LogP contribution in [0.5, 0.6) is 0 Å². The van der Waals surface area contributed by atoms with E-state index in [1.54, 1.807) is 12.4 Å². The van der Waals surface area contributed by atoms with Crippen LogP contribution in [-0.2, 0) is 6.42 Å². The maximum Gasteiger partial charge on any atom is 0.166 e. The molecule has 0 amide bonds. The van der Waals surface area contributed by atoms with Crippen LogP contribution in [0.1, 0.15) is 30.1 Å². The molecule has 0 spiro atoms. The minimum atomic E-state index is 0.191. The summed E-state index contributed by atoms with van der Waals surface area (Å²) in [5.74, 6) is 0.735. The number of hydrogen-bond acceptors (Lipinski definition) is 4. The molecular formula is C15H17N5S. The van der Waals surface area contributed by atoms with Gasteiger partial charge in [-0.1, -0.05) is 0 Å². The zero-order valence-electron chi connectivity index (χ0n) is 11.8. The van der Waals surface area contributed by atoms with Crippen molar-refractivity contribution in [3.05, 3.63) is 42.0 Å². The Morgan fingerprint density at radius 3 is 3.05 bits per heavy atom. The van der Waals surface area contributed by atoms with Gasteiger partial charge in [0.1, 0.15) is 0 Å². The lowest BCUT2D eigenvalue weighted by Crippen LogP contribution is -2.37. The fraction of sp³-hybridized carbons (Fsp3) is 0.333. The quantitative estimate of drug-likeness (QED) is 0.827. The van der Waals surface area contributed by atoms with Gasteiger partial charge in [-0.15, -0.1) is 0 Å². The summed E-state index contributed by atoms with van der Waals surface area (Å²) in [6.45, 7) is 0. The third-order valence-corrected chi connectivity index (χ3v) is 3.96. The van der Waals surface area contributed by atoms with Gasteiger partial charge in [0.05, 0.1) is 6.04 Å². The van der Waals surface area contributed by atoms with Crippen molar-refractivity contribution >= 4 is 17.3 Å². The number of hydrogen-bond donors (Lipinski definition) is 2. The van der Waals surface area contributed by atoms with E-state index < -0.39 is 0 Å². The predicted molar refractivity (Wildman–Crippen MR) is 85.7 cm³/mol.